The molecule has 7 heteroatoms. The minimum absolute atomic E-state index is 0.331. The summed E-state index contributed by atoms with van der Waals surface area (Å²) in [6.07, 6.45) is 2.01. The second-order valence-corrected chi connectivity index (χ2v) is 6.52. The molecule has 0 aliphatic heterocycles. The second-order valence-electron chi connectivity index (χ2n) is 4.64. The molecular formula is C16H15N3O2S2. The molecule has 0 saturated heterocycles. The zero-order valence-electron chi connectivity index (χ0n) is 12.6. The van der Waals surface area contributed by atoms with Crippen molar-refractivity contribution in [1.29, 1.82) is 0 Å². The summed E-state index contributed by atoms with van der Waals surface area (Å²) in [4.78, 5) is 17.7. The lowest BCUT2D eigenvalue weighted by Gasteiger charge is -2.06. The molecule has 118 valence electrons. The van der Waals surface area contributed by atoms with E-state index in [9.17, 15) is 4.79 Å². The molecule has 2 amide bonds. The molecule has 0 bridgehead atoms. The third kappa shape index (κ3) is 3.57. The van der Waals surface area contributed by atoms with Crippen LogP contribution in [0.5, 0.6) is 5.75 Å². The first-order valence-electron chi connectivity index (χ1n) is 6.85. The van der Waals surface area contributed by atoms with E-state index in [0.29, 0.717) is 16.6 Å². The Hall–Kier alpha value is -2.25. The van der Waals surface area contributed by atoms with Gasteiger partial charge in [0.05, 0.1) is 17.3 Å². The van der Waals surface area contributed by atoms with E-state index in [0.717, 1.165) is 15.1 Å². The fraction of sp³-hybridized carbons (Fsp3) is 0.125. The van der Waals surface area contributed by atoms with Crippen LogP contribution >= 0.6 is 23.1 Å². The van der Waals surface area contributed by atoms with Crippen molar-refractivity contribution in [2.75, 3.05) is 24.0 Å². The van der Waals surface area contributed by atoms with Gasteiger partial charge >= 0.3 is 6.03 Å². The van der Waals surface area contributed by atoms with Crippen LogP contribution in [0.1, 0.15) is 0 Å². The van der Waals surface area contributed by atoms with Crippen molar-refractivity contribution >= 4 is 50.2 Å². The number of urea groups is 1. The summed E-state index contributed by atoms with van der Waals surface area (Å²) in [5.74, 6) is 0.687. The maximum absolute atomic E-state index is 12.1. The highest BCUT2D eigenvalue weighted by molar-refractivity contribution is 7.98. The molecule has 1 aromatic heterocycles. The van der Waals surface area contributed by atoms with Gasteiger partial charge in [0, 0.05) is 16.6 Å². The van der Waals surface area contributed by atoms with Crippen molar-refractivity contribution in [2.45, 2.75) is 4.90 Å². The van der Waals surface area contributed by atoms with Gasteiger partial charge in [-0.05, 0) is 30.5 Å². The van der Waals surface area contributed by atoms with Crippen molar-refractivity contribution in [2.24, 2.45) is 0 Å². The fourth-order valence-electron chi connectivity index (χ4n) is 2.10. The molecule has 0 radical (unpaired) electrons. The number of thioether (sulfide) groups is 1. The van der Waals surface area contributed by atoms with E-state index in [2.05, 4.69) is 15.6 Å². The first kappa shape index (κ1) is 15.6. The summed E-state index contributed by atoms with van der Waals surface area (Å²) in [6, 6.07) is 12.9. The number of ether oxygens (including phenoxy) is 1. The molecule has 5 nitrogen and oxygen atoms in total. The maximum Gasteiger partial charge on any atom is 0.325 e. The number of para-hydroxylation sites is 1. The van der Waals surface area contributed by atoms with Crippen LogP contribution in [0.3, 0.4) is 0 Å². The van der Waals surface area contributed by atoms with Crippen LogP contribution in [-0.2, 0) is 0 Å². The highest BCUT2D eigenvalue weighted by Gasteiger charge is 2.10. The Balaban J connectivity index is 1.75. The number of nitrogens with one attached hydrogen (secondary N) is 2. The van der Waals surface area contributed by atoms with Gasteiger partial charge in [0.2, 0.25) is 0 Å². The van der Waals surface area contributed by atoms with E-state index >= 15 is 0 Å². The first-order valence-corrected chi connectivity index (χ1v) is 8.89. The van der Waals surface area contributed by atoms with E-state index in [4.69, 9.17) is 4.74 Å². The third-order valence-corrected chi connectivity index (χ3v) is 4.86. The zero-order valence-corrected chi connectivity index (χ0v) is 14.3. The molecule has 1 heterocycles. The molecule has 23 heavy (non-hydrogen) atoms. The molecule has 0 spiro atoms. The number of aromatic nitrogens is 1. The van der Waals surface area contributed by atoms with Gasteiger partial charge < -0.3 is 10.1 Å². The quantitative estimate of drug-likeness (QED) is 0.675. The lowest BCUT2D eigenvalue weighted by atomic mass is 10.3. The monoisotopic (exact) mass is 345 g/mol. The minimum Gasteiger partial charge on any atom is -0.497 e. The van der Waals surface area contributed by atoms with Gasteiger partial charge in [-0.1, -0.05) is 23.5 Å². The number of carbonyl (C=O) groups is 1. The van der Waals surface area contributed by atoms with Crippen LogP contribution in [0, 0.1) is 0 Å². The predicted octanol–water partition coefficient (Wildman–Crippen LogP) is 4.67. The number of anilines is 2. The largest absolute Gasteiger partial charge is 0.497 e. The fourth-order valence-corrected chi connectivity index (χ4v) is 3.62. The van der Waals surface area contributed by atoms with Crippen LogP contribution < -0.4 is 15.4 Å². The van der Waals surface area contributed by atoms with Crippen molar-refractivity contribution in [3.8, 4) is 5.75 Å². The minimum atomic E-state index is -0.331. The van der Waals surface area contributed by atoms with Gasteiger partial charge in [-0.2, -0.15) is 0 Å². The van der Waals surface area contributed by atoms with Gasteiger partial charge in [-0.3, -0.25) is 5.32 Å². The Bertz CT molecular complexity index is 848. The van der Waals surface area contributed by atoms with Crippen molar-refractivity contribution in [1.82, 2.24) is 4.98 Å². The van der Waals surface area contributed by atoms with Crippen LogP contribution in [0.4, 0.5) is 15.6 Å². The van der Waals surface area contributed by atoms with E-state index in [1.54, 1.807) is 31.0 Å². The van der Waals surface area contributed by atoms with E-state index < -0.39 is 0 Å². The Morgan fingerprint density at radius 3 is 2.83 bits per heavy atom. The Morgan fingerprint density at radius 1 is 1.22 bits per heavy atom. The first-order chi connectivity index (χ1) is 11.2. The number of carbonyl (C=O) groups excluding carboxylic acids is 1. The number of hydrogen-bond acceptors (Lipinski definition) is 5. The molecule has 0 aliphatic rings. The molecule has 0 saturated carbocycles. The van der Waals surface area contributed by atoms with Gasteiger partial charge in [-0.25, -0.2) is 9.78 Å². The molecule has 3 rings (SSSR count). The zero-order chi connectivity index (χ0) is 16.2. The van der Waals surface area contributed by atoms with Gasteiger partial charge in [0.25, 0.3) is 0 Å². The highest BCUT2D eigenvalue weighted by Crippen LogP contribution is 2.32. The lowest BCUT2D eigenvalue weighted by Crippen LogP contribution is -2.19. The average molecular weight is 345 g/mol. The van der Waals surface area contributed by atoms with Crippen LogP contribution in [0.15, 0.2) is 47.4 Å². The van der Waals surface area contributed by atoms with Crippen molar-refractivity contribution in [3.63, 3.8) is 0 Å². The van der Waals surface area contributed by atoms with Gasteiger partial charge in [0.15, 0.2) is 5.13 Å². The molecule has 0 unspecified atom stereocenters. The summed E-state index contributed by atoms with van der Waals surface area (Å²) in [5, 5.41) is 6.12. The number of nitrogens with zero attached hydrogens (tertiary/aromatic N) is 1. The number of amides is 2. The second kappa shape index (κ2) is 6.89. The molecule has 3 aromatic rings. The molecule has 0 atom stereocenters. The number of hydrogen-bond donors (Lipinski definition) is 2. The third-order valence-electron chi connectivity index (χ3n) is 3.15. The summed E-state index contributed by atoms with van der Waals surface area (Å²) < 4.78 is 6.19. The summed E-state index contributed by atoms with van der Waals surface area (Å²) in [7, 11) is 1.59. The van der Waals surface area contributed by atoms with Crippen molar-refractivity contribution < 1.29 is 9.53 Å². The number of benzene rings is 2. The van der Waals surface area contributed by atoms with Crippen LogP contribution in [-0.4, -0.2) is 24.4 Å². The molecule has 2 aromatic carbocycles. The molecule has 0 aliphatic carbocycles. The SMILES string of the molecule is COc1cccc(NC(=O)Nc2nc3c(SC)cccc3s2)c1. The summed E-state index contributed by atoms with van der Waals surface area (Å²) >= 11 is 3.09. The van der Waals surface area contributed by atoms with Gasteiger partial charge in [-0.15, -0.1) is 11.8 Å². The molecule has 2 N–H and O–H groups in total. The average Bonchev–Trinajstić information content (AvgIpc) is 2.96. The number of methoxy groups -OCH3 is 1. The highest BCUT2D eigenvalue weighted by atomic mass is 32.2. The standard InChI is InChI=1S/C16H15N3O2S2/c1-21-11-6-3-5-10(9-11)17-15(20)19-16-18-14-12(22-2)7-4-8-13(14)23-16/h3-9H,1-2H3,(H2,17,18,19,20). The summed E-state index contributed by atoms with van der Waals surface area (Å²) in [5.41, 5.74) is 1.58. The van der Waals surface area contributed by atoms with Crippen LogP contribution in [0.2, 0.25) is 0 Å². The number of rotatable bonds is 4. The summed E-state index contributed by atoms with van der Waals surface area (Å²) in [6.45, 7) is 0. The maximum atomic E-state index is 12.1. The number of fused-ring (bicyclic) bond motifs is 1. The number of thiazole rings is 1. The normalized spacial score (nSPS) is 10.5. The Labute approximate surface area is 142 Å². The Kier molecular flexibility index (Phi) is 4.68. The molecule has 0 fully saturated rings. The van der Waals surface area contributed by atoms with E-state index in [1.165, 1.54) is 11.3 Å². The topological polar surface area (TPSA) is 63.2 Å². The predicted molar refractivity (Wildman–Crippen MR) is 97.0 cm³/mol. The lowest BCUT2D eigenvalue weighted by molar-refractivity contribution is 0.262. The van der Waals surface area contributed by atoms with E-state index in [-0.39, 0.29) is 6.03 Å². The van der Waals surface area contributed by atoms with Crippen LogP contribution in [0.25, 0.3) is 10.2 Å². The molecular weight excluding hydrogens is 330 g/mol. The smallest absolute Gasteiger partial charge is 0.325 e. The van der Waals surface area contributed by atoms with E-state index in [1.807, 2.05) is 36.6 Å². The van der Waals surface area contributed by atoms with Crippen molar-refractivity contribution in [3.05, 3.63) is 42.5 Å². The Morgan fingerprint density at radius 2 is 2.04 bits per heavy atom. The van der Waals surface area contributed by atoms with Gasteiger partial charge in [0.1, 0.15) is 5.75 Å².